The smallest absolute Gasteiger partial charge is 0.122 e. The van der Waals surface area contributed by atoms with E-state index in [1.54, 1.807) is 0 Å². The van der Waals surface area contributed by atoms with Crippen LogP contribution in [0.1, 0.15) is 31.2 Å². The highest BCUT2D eigenvalue weighted by Crippen LogP contribution is 2.16. The third-order valence-corrected chi connectivity index (χ3v) is 2.78. The molecule has 1 rings (SSSR count). The van der Waals surface area contributed by atoms with Crippen molar-refractivity contribution in [1.29, 1.82) is 0 Å². The van der Waals surface area contributed by atoms with Gasteiger partial charge in [-0.15, -0.1) is 0 Å². The fourth-order valence-electron chi connectivity index (χ4n) is 1.69. The summed E-state index contributed by atoms with van der Waals surface area (Å²) in [6.07, 6.45) is 4.30. The standard InChI is InChI=1S/C15H25NO2/c1-14-8-3-4-9-15(14)18-13-7-12-17-11-6-2-5-10-16/h3-4,8-9H,2,5-7,10-13,16H2,1H3. The Kier molecular flexibility index (Phi) is 8.26. The fraction of sp³-hybridized carbons (Fsp3) is 0.600. The molecule has 2 N–H and O–H groups in total. The number of benzene rings is 1. The molecule has 18 heavy (non-hydrogen) atoms. The Labute approximate surface area is 110 Å². The van der Waals surface area contributed by atoms with Crippen LogP contribution in [0, 0.1) is 6.92 Å². The topological polar surface area (TPSA) is 44.5 Å². The van der Waals surface area contributed by atoms with Gasteiger partial charge in [-0.05, 0) is 44.4 Å². The van der Waals surface area contributed by atoms with Crippen LogP contribution in [0.2, 0.25) is 0 Å². The van der Waals surface area contributed by atoms with E-state index in [4.69, 9.17) is 15.2 Å². The van der Waals surface area contributed by atoms with Crippen molar-refractivity contribution in [3.05, 3.63) is 29.8 Å². The van der Waals surface area contributed by atoms with Gasteiger partial charge >= 0.3 is 0 Å². The predicted molar refractivity (Wildman–Crippen MR) is 75.0 cm³/mol. The Hall–Kier alpha value is -1.06. The molecule has 102 valence electrons. The summed E-state index contributed by atoms with van der Waals surface area (Å²) in [5.41, 5.74) is 6.60. The van der Waals surface area contributed by atoms with Gasteiger partial charge < -0.3 is 15.2 Å². The maximum Gasteiger partial charge on any atom is 0.122 e. The summed E-state index contributed by atoms with van der Waals surface area (Å²) in [5, 5.41) is 0. The number of ether oxygens (including phenoxy) is 2. The second-order valence-corrected chi connectivity index (χ2v) is 4.43. The number of nitrogens with two attached hydrogens (primary N) is 1. The first-order valence-electron chi connectivity index (χ1n) is 6.81. The lowest BCUT2D eigenvalue weighted by Gasteiger charge is -2.09. The van der Waals surface area contributed by atoms with Crippen LogP contribution in [0.5, 0.6) is 5.75 Å². The minimum atomic E-state index is 0.716. The lowest BCUT2D eigenvalue weighted by atomic mass is 10.2. The molecule has 1 aromatic rings. The summed E-state index contributed by atoms with van der Waals surface area (Å²) in [6.45, 7) is 5.17. The Morgan fingerprint density at radius 1 is 0.944 bits per heavy atom. The Morgan fingerprint density at radius 3 is 2.50 bits per heavy atom. The first kappa shape index (κ1) is 15.0. The fourth-order valence-corrected chi connectivity index (χ4v) is 1.69. The molecule has 0 aliphatic carbocycles. The summed E-state index contributed by atoms with van der Waals surface area (Å²) in [6, 6.07) is 8.08. The van der Waals surface area contributed by atoms with E-state index in [1.165, 1.54) is 5.56 Å². The molecule has 0 radical (unpaired) electrons. The molecule has 0 heterocycles. The molecule has 0 unspecified atom stereocenters. The number of unbranched alkanes of at least 4 members (excludes halogenated alkanes) is 2. The van der Waals surface area contributed by atoms with Gasteiger partial charge in [-0.1, -0.05) is 18.2 Å². The van der Waals surface area contributed by atoms with Crippen LogP contribution >= 0.6 is 0 Å². The van der Waals surface area contributed by atoms with Gasteiger partial charge in [0.05, 0.1) is 6.61 Å². The van der Waals surface area contributed by atoms with Crippen LogP contribution in [0.4, 0.5) is 0 Å². The first-order chi connectivity index (χ1) is 8.84. The van der Waals surface area contributed by atoms with Crippen molar-refractivity contribution in [3.8, 4) is 5.75 Å². The van der Waals surface area contributed by atoms with E-state index in [2.05, 4.69) is 13.0 Å². The zero-order valence-corrected chi connectivity index (χ0v) is 11.4. The van der Waals surface area contributed by atoms with Gasteiger partial charge in [0, 0.05) is 19.6 Å². The van der Waals surface area contributed by atoms with E-state index in [0.29, 0.717) is 6.61 Å². The molecule has 1 aromatic carbocycles. The highest BCUT2D eigenvalue weighted by Gasteiger charge is 1.97. The molecule has 0 amide bonds. The number of rotatable bonds is 10. The normalized spacial score (nSPS) is 10.6. The number of hydrogen-bond acceptors (Lipinski definition) is 3. The molecular formula is C15H25NO2. The lowest BCUT2D eigenvalue weighted by Crippen LogP contribution is -2.05. The van der Waals surface area contributed by atoms with Gasteiger partial charge in [-0.25, -0.2) is 0 Å². The molecule has 3 heteroatoms. The van der Waals surface area contributed by atoms with Crippen LogP contribution in [0.15, 0.2) is 24.3 Å². The molecule has 0 aliphatic heterocycles. The molecule has 3 nitrogen and oxygen atoms in total. The third-order valence-electron chi connectivity index (χ3n) is 2.78. The van der Waals surface area contributed by atoms with Crippen molar-refractivity contribution in [1.82, 2.24) is 0 Å². The van der Waals surface area contributed by atoms with Crippen molar-refractivity contribution in [3.63, 3.8) is 0 Å². The van der Waals surface area contributed by atoms with Crippen molar-refractivity contribution in [2.75, 3.05) is 26.4 Å². The summed E-state index contributed by atoms with van der Waals surface area (Å²) in [4.78, 5) is 0. The quantitative estimate of drug-likeness (QED) is 0.650. The third kappa shape index (κ3) is 6.62. The monoisotopic (exact) mass is 251 g/mol. The van der Waals surface area contributed by atoms with E-state index in [0.717, 1.165) is 51.2 Å². The van der Waals surface area contributed by atoms with E-state index in [9.17, 15) is 0 Å². The van der Waals surface area contributed by atoms with Crippen LogP contribution in [-0.2, 0) is 4.74 Å². The molecule has 0 aromatic heterocycles. The second kappa shape index (κ2) is 9.92. The Morgan fingerprint density at radius 2 is 1.72 bits per heavy atom. The molecule has 0 saturated carbocycles. The van der Waals surface area contributed by atoms with Gasteiger partial charge in [0.25, 0.3) is 0 Å². The van der Waals surface area contributed by atoms with Gasteiger partial charge in [-0.2, -0.15) is 0 Å². The van der Waals surface area contributed by atoms with Gasteiger partial charge in [-0.3, -0.25) is 0 Å². The highest BCUT2D eigenvalue weighted by atomic mass is 16.5. The molecular weight excluding hydrogens is 226 g/mol. The Bertz CT molecular complexity index is 315. The van der Waals surface area contributed by atoms with Crippen LogP contribution < -0.4 is 10.5 Å². The summed E-state index contributed by atoms with van der Waals surface area (Å²) in [7, 11) is 0. The minimum Gasteiger partial charge on any atom is -0.493 e. The van der Waals surface area contributed by atoms with E-state index in [1.807, 2.05) is 18.2 Å². The second-order valence-electron chi connectivity index (χ2n) is 4.43. The van der Waals surface area contributed by atoms with Crippen LogP contribution in [-0.4, -0.2) is 26.4 Å². The largest absolute Gasteiger partial charge is 0.493 e. The number of hydrogen-bond donors (Lipinski definition) is 1. The summed E-state index contributed by atoms with van der Waals surface area (Å²) in [5.74, 6) is 0.973. The van der Waals surface area contributed by atoms with Crippen LogP contribution in [0.3, 0.4) is 0 Å². The van der Waals surface area contributed by atoms with E-state index < -0.39 is 0 Å². The van der Waals surface area contributed by atoms with Crippen molar-refractivity contribution >= 4 is 0 Å². The summed E-state index contributed by atoms with van der Waals surface area (Å²) >= 11 is 0. The number of aryl methyl sites for hydroxylation is 1. The Balaban J connectivity index is 1.94. The minimum absolute atomic E-state index is 0.716. The first-order valence-corrected chi connectivity index (χ1v) is 6.81. The average molecular weight is 251 g/mol. The average Bonchev–Trinajstić information content (AvgIpc) is 2.39. The summed E-state index contributed by atoms with van der Waals surface area (Å²) < 4.78 is 11.2. The van der Waals surface area contributed by atoms with E-state index >= 15 is 0 Å². The van der Waals surface area contributed by atoms with Gasteiger partial charge in [0.1, 0.15) is 5.75 Å². The van der Waals surface area contributed by atoms with Gasteiger partial charge in [0.15, 0.2) is 0 Å². The molecule has 0 saturated heterocycles. The lowest BCUT2D eigenvalue weighted by molar-refractivity contribution is 0.116. The SMILES string of the molecule is Cc1ccccc1OCCCOCCCCCN. The molecule has 0 spiro atoms. The molecule has 0 bridgehead atoms. The van der Waals surface area contributed by atoms with E-state index in [-0.39, 0.29) is 0 Å². The zero-order valence-electron chi connectivity index (χ0n) is 11.4. The maximum absolute atomic E-state index is 5.69. The van der Waals surface area contributed by atoms with Crippen LogP contribution in [0.25, 0.3) is 0 Å². The maximum atomic E-state index is 5.69. The molecule has 0 aliphatic rings. The van der Waals surface area contributed by atoms with Crippen molar-refractivity contribution < 1.29 is 9.47 Å². The molecule has 0 fully saturated rings. The highest BCUT2D eigenvalue weighted by molar-refractivity contribution is 5.31. The van der Waals surface area contributed by atoms with Gasteiger partial charge in [0.2, 0.25) is 0 Å². The number of para-hydroxylation sites is 1. The molecule has 0 atom stereocenters. The predicted octanol–water partition coefficient (Wildman–Crippen LogP) is 2.91. The van der Waals surface area contributed by atoms with Crippen molar-refractivity contribution in [2.24, 2.45) is 5.73 Å². The zero-order chi connectivity index (χ0) is 13.1. The van der Waals surface area contributed by atoms with Crippen molar-refractivity contribution in [2.45, 2.75) is 32.6 Å².